The van der Waals surface area contributed by atoms with Gasteiger partial charge in [0.15, 0.2) is 0 Å². The van der Waals surface area contributed by atoms with E-state index in [2.05, 4.69) is 10.3 Å². The van der Waals surface area contributed by atoms with Crippen LogP contribution in [-0.4, -0.2) is 35.9 Å². The van der Waals surface area contributed by atoms with E-state index in [0.717, 1.165) is 5.82 Å². The molecule has 1 atom stereocenters. The van der Waals surface area contributed by atoms with E-state index in [1.54, 1.807) is 25.2 Å². The van der Waals surface area contributed by atoms with Crippen molar-refractivity contribution in [3.05, 3.63) is 24.4 Å². The lowest BCUT2D eigenvalue weighted by Crippen LogP contribution is -2.36. The van der Waals surface area contributed by atoms with Crippen LogP contribution in [0.4, 0.5) is 5.82 Å². The molecule has 0 saturated carbocycles. The Balaban J connectivity index is 2.57. The number of amides is 1. The maximum Gasteiger partial charge on any atom is 0.244 e. The number of pyridine rings is 1. The van der Waals surface area contributed by atoms with Gasteiger partial charge in [0.2, 0.25) is 5.91 Å². The summed E-state index contributed by atoms with van der Waals surface area (Å²) in [6.07, 6.45) is 1.69. The number of anilines is 1. The predicted molar refractivity (Wildman–Crippen MR) is 56.0 cm³/mol. The standard InChI is InChI=1S/C10H15N3O/c1-8(10(14)13(2)3)12-9-6-4-5-7-11-9/h4-8H,1-3H3,(H,11,12)/t8-/m1/s1. The van der Waals surface area contributed by atoms with Crippen LogP contribution in [0.5, 0.6) is 0 Å². The van der Waals surface area contributed by atoms with Crippen LogP contribution in [0, 0.1) is 0 Å². The van der Waals surface area contributed by atoms with Gasteiger partial charge in [-0.1, -0.05) is 6.07 Å². The zero-order valence-corrected chi connectivity index (χ0v) is 8.69. The van der Waals surface area contributed by atoms with Gasteiger partial charge in [-0.05, 0) is 19.1 Å². The first-order valence-electron chi connectivity index (χ1n) is 4.50. The van der Waals surface area contributed by atoms with Crippen molar-refractivity contribution in [2.75, 3.05) is 19.4 Å². The second-order valence-electron chi connectivity index (χ2n) is 3.31. The molecule has 0 radical (unpaired) electrons. The maximum absolute atomic E-state index is 11.5. The van der Waals surface area contributed by atoms with Crippen molar-refractivity contribution in [3.8, 4) is 0 Å². The van der Waals surface area contributed by atoms with Crippen LogP contribution < -0.4 is 5.32 Å². The number of likely N-dealkylation sites (N-methyl/N-ethyl adjacent to an activating group) is 1. The molecule has 0 aliphatic heterocycles. The van der Waals surface area contributed by atoms with Gasteiger partial charge < -0.3 is 10.2 Å². The molecule has 0 fully saturated rings. The number of hydrogen-bond acceptors (Lipinski definition) is 3. The van der Waals surface area contributed by atoms with Crippen LogP contribution in [0.1, 0.15) is 6.92 Å². The molecule has 1 aromatic heterocycles. The molecule has 0 spiro atoms. The first-order valence-corrected chi connectivity index (χ1v) is 4.50. The van der Waals surface area contributed by atoms with Crippen molar-refractivity contribution >= 4 is 11.7 Å². The molecule has 1 N–H and O–H groups in total. The molecule has 0 saturated heterocycles. The van der Waals surface area contributed by atoms with Crippen molar-refractivity contribution in [1.29, 1.82) is 0 Å². The third-order valence-corrected chi connectivity index (χ3v) is 1.84. The fraction of sp³-hybridized carbons (Fsp3) is 0.400. The third-order valence-electron chi connectivity index (χ3n) is 1.84. The largest absolute Gasteiger partial charge is 0.359 e. The minimum Gasteiger partial charge on any atom is -0.359 e. The van der Waals surface area contributed by atoms with E-state index in [1.807, 2.05) is 25.1 Å². The van der Waals surface area contributed by atoms with Crippen LogP contribution in [0.25, 0.3) is 0 Å². The lowest BCUT2D eigenvalue weighted by atomic mass is 10.3. The second kappa shape index (κ2) is 4.60. The molecule has 76 valence electrons. The first-order chi connectivity index (χ1) is 6.61. The molecule has 1 heterocycles. The third kappa shape index (κ3) is 2.73. The molecule has 0 aromatic carbocycles. The van der Waals surface area contributed by atoms with Gasteiger partial charge >= 0.3 is 0 Å². The lowest BCUT2D eigenvalue weighted by molar-refractivity contribution is -0.129. The normalized spacial score (nSPS) is 11.9. The zero-order valence-electron chi connectivity index (χ0n) is 8.69. The average molecular weight is 193 g/mol. The van der Waals surface area contributed by atoms with Crippen molar-refractivity contribution in [2.45, 2.75) is 13.0 Å². The van der Waals surface area contributed by atoms with Gasteiger partial charge in [0.05, 0.1) is 0 Å². The monoisotopic (exact) mass is 193 g/mol. The van der Waals surface area contributed by atoms with Crippen LogP contribution >= 0.6 is 0 Å². The van der Waals surface area contributed by atoms with Gasteiger partial charge in [-0.2, -0.15) is 0 Å². The van der Waals surface area contributed by atoms with Crippen LogP contribution in [-0.2, 0) is 4.79 Å². The molecule has 0 aliphatic carbocycles. The molecule has 0 aliphatic rings. The van der Waals surface area contributed by atoms with Crippen molar-refractivity contribution < 1.29 is 4.79 Å². The number of aromatic nitrogens is 1. The molecule has 1 aromatic rings. The smallest absolute Gasteiger partial charge is 0.244 e. The molecule has 0 bridgehead atoms. The Kier molecular flexibility index (Phi) is 3.45. The van der Waals surface area contributed by atoms with Crippen LogP contribution in [0.2, 0.25) is 0 Å². The molecule has 14 heavy (non-hydrogen) atoms. The summed E-state index contributed by atoms with van der Waals surface area (Å²) < 4.78 is 0. The van der Waals surface area contributed by atoms with E-state index in [4.69, 9.17) is 0 Å². The summed E-state index contributed by atoms with van der Waals surface area (Å²) in [5.41, 5.74) is 0. The first kappa shape index (κ1) is 10.5. The minimum atomic E-state index is -0.250. The summed E-state index contributed by atoms with van der Waals surface area (Å²) in [6, 6.07) is 5.30. The maximum atomic E-state index is 11.5. The van der Waals surface area contributed by atoms with Crippen molar-refractivity contribution in [3.63, 3.8) is 0 Å². The van der Waals surface area contributed by atoms with E-state index in [0.29, 0.717) is 0 Å². The highest BCUT2D eigenvalue weighted by atomic mass is 16.2. The number of rotatable bonds is 3. The van der Waals surface area contributed by atoms with Gasteiger partial charge in [0.25, 0.3) is 0 Å². The Labute approximate surface area is 83.9 Å². The number of carbonyl (C=O) groups excluding carboxylic acids is 1. The van der Waals surface area contributed by atoms with E-state index in [9.17, 15) is 4.79 Å². The van der Waals surface area contributed by atoms with E-state index in [1.165, 1.54) is 0 Å². The number of hydrogen-bond donors (Lipinski definition) is 1. The van der Waals surface area contributed by atoms with Gasteiger partial charge in [0, 0.05) is 20.3 Å². The Bertz CT molecular complexity index is 297. The highest BCUT2D eigenvalue weighted by Crippen LogP contribution is 2.03. The lowest BCUT2D eigenvalue weighted by Gasteiger charge is -2.18. The predicted octanol–water partition coefficient (Wildman–Crippen LogP) is 0.970. The Morgan fingerprint density at radius 2 is 2.21 bits per heavy atom. The average Bonchev–Trinajstić information content (AvgIpc) is 2.18. The highest BCUT2D eigenvalue weighted by Gasteiger charge is 2.14. The fourth-order valence-electron chi connectivity index (χ4n) is 1.12. The summed E-state index contributed by atoms with van der Waals surface area (Å²) in [5.74, 6) is 0.755. The topological polar surface area (TPSA) is 45.2 Å². The molecule has 1 rings (SSSR count). The van der Waals surface area contributed by atoms with Crippen molar-refractivity contribution in [1.82, 2.24) is 9.88 Å². The highest BCUT2D eigenvalue weighted by molar-refractivity contribution is 5.83. The second-order valence-corrected chi connectivity index (χ2v) is 3.31. The van der Waals surface area contributed by atoms with Crippen molar-refractivity contribution in [2.24, 2.45) is 0 Å². The summed E-state index contributed by atoms with van der Waals surface area (Å²) in [6.45, 7) is 1.82. The number of carbonyl (C=O) groups is 1. The Morgan fingerprint density at radius 1 is 1.50 bits per heavy atom. The Hall–Kier alpha value is -1.58. The number of nitrogens with one attached hydrogen (secondary N) is 1. The summed E-state index contributed by atoms with van der Waals surface area (Å²) in [4.78, 5) is 17.1. The Morgan fingerprint density at radius 3 is 2.71 bits per heavy atom. The molecule has 0 unspecified atom stereocenters. The molecule has 1 amide bonds. The molecular weight excluding hydrogens is 178 g/mol. The summed E-state index contributed by atoms with van der Waals surface area (Å²) in [5, 5.41) is 3.02. The molecular formula is C10H15N3O. The molecule has 4 heteroatoms. The SMILES string of the molecule is C[C@@H](Nc1ccccn1)C(=O)N(C)C. The van der Waals surface area contributed by atoms with Crippen LogP contribution in [0.3, 0.4) is 0 Å². The van der Waals surface area contributed by atoms with Gasteiger partial charge in [-0.25, -0.2) is 4.98 Å². The minimum absolute atomic E-state index is 0.0376. The van der Waals surface area contributed by atoms with Gasteiger partial charge in [0.1, 0.15) is 11.9 Å². The fourth-order valence-corrected chi connectivity index (χ4v) is 1.12. The van der Waals surface area contributed by atoms with Crippen LogP contribution in [0.15, 0.2) is 24.4 Å². The zero-order chi connectivity index (χ0) is 10.6. The quantitative estimate of drug-likeness (QED) is 0.778. The summed E-state index contributed by atoms with van der Waals surface area (Å²) >= 11 is 0. The number of nitrogens with zero attached hydrogens (tertiary/aromatic N) is 2. The van der Waals surface area contributed by atoms with E-state index < -0.39 is 0 Å². The van der Waals surface area contributed by atoms with E-state index in [-0.39, 0.29) is 11.9 Å². The molecule has 4 nitrogen and oxygen atoms in total. The summed E-state index contributed by atoms with van der Waals surface area (Å²) in [7, 11) is 3.47. The van der Waals surface area contributed by atoms with Gasteiger partial charge in [-0.3, -0.25) is 4.79 Å². The van der Waals surface area contributed by atoms with E-state index >= 15 is 0 Å². The van der Waals surface area contributed by atoms with Gasteiger partial charge in [-0.15, -0.1) is 0 Å².